The fourth-order valence-electron chi connectivity index (χ4n) is 3.67. The molecule has 1 atom stereocenters. The van der Waals surface area contributed by atoms with Crippen LogP contribution in [0.1, 0.15) is 57.4 Å². The van der Waals surface area contributed by atoms with Crippen LogP contribution in [0.4, 0.5) is 0 Å². The molecule has 0 radical (unpaired) electrons. The Morgan fingerprint density at radius 3 is 2.34 bits per heavy atom. The molecule has 156 valence electrons. The van der Waals surface area contributed by atoms with Crippen molar-refractivity contribution in [2.45, 2.75) is 38.8 Å². The van der Waals surface area contributed by atoms with E-state index >= 15 is 0 Å². The Kier molecular flexibility index (Phi) is 6.46. The maximum atomic E-state index is 11.9. The number of carboxylic acid groups (broad SMARTS) is 1. The summed E-state index contributed by atoms with van der Waals surface area (Å²) < 4.78 is 0. The lowest BCUT2D eigenvalue weighted by Gasteiger charge is -2.18. The molecule has 9 heteroatoms. The highest BCUT2D eigenvalue weighted by Crippen LogP contribution is 2.46. The molecule has 1 saturated carbocycles. The third-order valence-corrected chi connectivity index (χ3v) is 5.23. The van der Waals surface area contributed by atoms with Crippen molar-refractivity contribution in [2.24, 2.45) is 10.9 Å². The van der Waals surface area contributed by atoms with Gasteiger partial charge < -0.3 is 35.6 Å². The zero-order chi connectivity index (χ0) is 21.1. The second-order valence-corrected chi connectivity index (χ2v) is 6.95. The predicted molar refractivity (Wildman–Crippen MR) is 103 cm³/mol. The van der Waals surface area contributed by atoms with E-state index in [0.717, 1.165) is 12.8 Å². The monoisotopic (exact) mass is 404 g/mol. The minimum absolute atomic E-state index is 0.0723. The van der Waals surface area contributed by atoms with Gasteiger partial charge in [0.05, 0.1) is 31.6 Å². The topological polar surface area (TPSA) is 167 Å². The van der Waals surface area contributed by atoms with Crippen molar-refractivity contribution in [3.63, 3.8) is 0 Å². The van der Waals surface area contributed by atoms with E-state index in [1.807, 2.05) is 0 Å². The number of carbonyl (C=O) groups is 1. The number of carboxylic acids is 1. The van der Waals surface area contributed by atoms with Crippen molar-refractivity contribution in [1.29, 1.82) is 0 Å². The second kappa shape index (κ2) is 8.85. The number of aliphatic hydroxyl groups is 5. The fourth-order valence-corrected chi connectivity index (χ4v) is 3.67. The number of nitrogens with one attached hydrogen (secondary N) is 1. The molecule has 1 aromatic heterocycles. The van der Waals surface area contributed by atoms with Gasteiger partial charge in [0.2, 0.25) is 0 Å². The largest absolute Gasteiger partial charge is 0.477 e. The van der Waals surface area contributed by atoms with Crippen LogP contribution in [0.15, 0.2) is 17.1 Å². The van der Waals surface area contributed by atoms with E-state index in [1.54, 1.807) is 12.1 Å². The summed E-state index contributed by atoms with van der Waals surface area (Å²) in [5, 5.41) is 58.9. The van der Waals surface area contributed by atoms with Crippen LogP contribution < -0.4 is 0 Å². The molecule has 0 saturated heterocycles. The van der Waals surface area contributed by atoms with Gasteiger partial charge in [0.1, 0.15) is 12.4 Å². The first-order valence-corrected chi connectivity index (χ1v) is 9.22. The molecule has 1 aliphatic carbocycles. The molecule has 0 spiro atoms. The van der Waals surface area contributed by atoms with E-state index in [1.165, 1.54) is 6.21 Å². The van der Waals surface area contributed by atoms with Crippen molar-refractivity contribution in [3.05, 3.63) is 45.8 Å². The van der Waals surface area contributed by atoms with Gasteiger partial charge in [0, 0.05) is 17.3 Å². The van der Waals surface area contributed by atoms with Gasteiger partial charge in [-0.3, -0.25) is 4.99 Å². The summed E-state index contributed by atoms with van der Waals surface area (Å²) in [5.74, 6) is -1.33. The quantitative estimate of drug-likeness (QED) is 0.302. The first-order chi connectivity index (χ1) is 14.0. The summed E-state index contributed by atoms with van der Waals surface area (Å²) in [7, 11) is 0. The number of rotatable bonds is 9. The van der Waals surface area contributed by atoms with E-state index in [2.05, 4.69) is 9.98 Å². The number of aliphatic hydroxyl groups excluding tert-OH is 5. The number of aromatic carboxylic acids is 1. The van der Waals surface area contributed by atoms with Crippen molar-refractivity contribution in [2.75, 3.05) is 6.73 Å². The SMILES string of the molecule is O=C(O)c1[nH]c(/C=N/CO)c(-c2ccc(CO)c(CO)c2CO)c1C(O)C1CC1. The van der Waals surface area contributed by atoms with Gasteiger partial charge in [-0.15, -0.1) is 0 Å². The molecule has 1 aliphatic rings. The third-order valence-electron chi connectivity index (χ3n) is 5.23. The third kappa shape index (κ3) is 3.96. The Balaban J connectivity index is 2.35. The molecule has 0 amide bonds. The van der Waals surface area contributed by atoms with Gasteiger partial charge in [-0.2, -0.15) is 0 Å². The number of nitrogens with zero attached hydrogens (tertiary/aromatic N) is 1. The zero-order valence-electron chi connectivity index (χ0n) is 15.7. The summed E-state index contributed by atoms with van der Waals surface area (Å²) in [6.07, 6.45) is 1.77. The van der Waals surface area contributed by atoms with Crippen LogP contribution in [0.25, 0.3) is 11.1 Å². The highest BCUT2D eigenvalue weighted by Gasteiger charge is 2.37. The smallest absolute Gasteiger partial charge is 0.352 e. The van der Waals surface area contributed by atoms with Crippen molar-refractivity contribution in [1.82, 2.24) is 4.98 Å². The summed E-state index contributed by atoms with van der Waals surface area (Å²) in [4.78, 5) is 18.4. The normalized spacial score (nSPS) is 15.2. The first-order valence-electron chi connectivity index (χ1n) is 9.22. The maximum Gasteiger partial charge on any atom is 0.352 e. The molecular weight excluding hydrogens is 380 g/mol. The van der Waals surface area contributed by atoms with E-state index in [9.17, 15) is 30.3 Å². The average Bonchev–Trinajstić information content (AvgIpc) is 3.50. The number of aromatic nitrogens is 1. The zero-order valence-corrected chi connectivity index (χ0v) is 15.7. The Morgan fingerprint density at radius 2 is 1.83 bits per heavy atom. The lowest BCUT2D eigenvalue weighted by Crippen LogP contribution is -2.09. The number of aliphatic imine (C=N–C) groups is 1. The molecule has 0 bridgehead atoms. The fraction of sp³-hybridized carbons (Fsp3) is 0.400. The van der Waals surface area contributed by atoms with Gasteiger partial charge in [0.25, 0.3) is 0 Å². The lowest BCUT2D eigenvalue weighted by molar-refractivity contribution is 0.0681. The standard InChI is InChI=1S/C20H24N2O7/c23-6-11-3-4-12(14(8-25)13(11)7-24)16-15(5-21-9-26)22-18(20(28)29)17(16)19(27)10-1-2-10/h3-5,10,19,22-27H,1-2,6-9H2,(H,28,29)/b21-5+. The van der Waals surface area contributed by atoms with Gasteiger partial charge >= 0.3 is 5.97 Å². The Bertz CT molecular complexity index is 931. The molecule has 2 aromatic rings. The average molecular weight is 404 g/mol. The summed E-state index contributed by atoms with van der Waals surface area (Å²) in [6, 6.07) is 3.18. The molecular formula is C20H24N2O7. The van der Waals surface area contributed by atoms with Crippen molar-refractivity contribution < 1.29 is 35.4 Å². The van der Waals surface area contributed by atoms with Gasteiger partial charge in [-0.25, -0.2) is 4.79 Å². The molecule has 1 aromatic carbocycles. The summed E-state index contributed by atoms with van der Waals surface area (Å²) in [6.45, 7) is -1.76. The second-order valence-electron chi connectivity index (χ2n) is 6.95. The van der Waals surface area contributed by atoms with Gasteiger partial charge in [0.15, 0.2) is 0 Å². The molecule has 0 aliphatic heterocycles. The van der Waals surface area contributed by atoms with E-state index in [0.29, 0.717) is 27.8 Å². The maximum absolute atomic E-state index is 11.9. The molecule has 9 nitrogen and oxygen atoms in total. The van der Waals surface area contributed by atoms with Crippen LogP contribution in [-0.4, -0.2) is 54.5 Å². The first kappa shape index (κ1) is 21.2. The molecule has 1 unspecified atom stereocenters. The minimum atomic E-state index is -1.26. The minimum Gasteiger partial charge on any atom is -0.477 e. The molecule has 7 N–H and O–H groups in total. The molecule has 3 rings (SSSR count). The van der Waals surface area contributed by atoms with Crippen molar-refractivity contribution in [3.8, 4) is 11.1 Å². The van der Waals surface area contributed by atoms with Crippen LogP contribution in [0, 0.1) is 5.92 Å². The van der Waals surface area contributed by atoms with Crippen LogP contribution in [0.3, 0.4) is 0 Å². The van der Waals surface area contributed by atoms with Gasteiger partial charge in [-0.1, -0.05) is 12.1 Å². The van der Waals surface area contributed by atoms with Crippen LogP contribution in [-0.2, 0) is 19.8 Å². The Hall–Kier alpha value is -2.56. The Morgan fingerprint density at radius 1 is 1.14 bits per heavy atom. The number of aromatic amines is 1. The van der Waals surface area contributed by atoms with Crippen molar-refractivity contribution >= 4 is 12.2 Å². The highest BCUT2D eigenvalue weighted by molar-refractivity contribution is 5.99. The lowest BCUT2D eigenvalue weighted by atomic mass is 9.88. The van der Waals surface area contributed by atoms with Gasteiger partial charge in [-0.05, 0) is 41.0 Å². The molecule has 1 fully saturated rings. The predicted octanol–water partition coefficient (Wildman–Crippen LogP) is 0.669. The van der Waals surface area contributed by atoms with Crippen LogP contribution in [0.2, 0.25) is 0 Å². The highest BCUT2D eigenvalue weighted by atomic mass is 16.4. The summed E-state index contributed by atoms with van der Waals surface area (Å²) >= 11 is 0. The number of hydrogen-bond acceptors (Lipinski definition) is 7. The molecule has 1 heterocycles. The van der Waals surface area contributed by atoms with E-state index in [4.69, 9.17) is 5.11 Å². The van der Waals surface area contributed by atoms with Crippen LogP contribution in [0.5, 0.6) is 0 Å². The number of H-pyrrole nitrogens is 1. The number of benzene rings is 1. The number of hydrogen-bond donors (Lipinski definition) is 7. The van der Waals surface area contributed by atoms with Crippen LogP contribution >= 0.6 is 0 Å². The summed E-state index contributed by atoms with van der Waals surface area (Å²) in [5.41, 5.74) is 2.06. The van der Waals surface area contributed by atoms with E-state index < -0.39 is 32.0 Å². The Labute approximate surface area is 166 Å². The molecule has 29 heavy (non-hydrogen) atoms. The van der Waals surface area contributed by atoms with E-state index in [-0.39, 0.29) is 29.5 Å².